The number of nitrogens with zero attached hydrogens (tertiary/aromatic N) is 9. The number of aromatic nitrogens is 6. The lowest BCUT2D eigenvalue weighted by molar-refractivity contribution is -0.134. The Morgan fingerprint density at radius 3 is 2.51 bits per heavy atom. The molecule has 0 aliphatic carbocycles. The van der Waals surface area contributed by atoms with Gasteiger partial charge in [-0.1, -0.05) is 11.6 Å². The van der Waals surface area contributed by atoms with Crippen molar-refractivity contribution in [3.63, 3.8) is 0 Å². The number of nitrogens with two attached hydrogens (primary N) is 1. The first-order valence-corrected chi connectivity index (χ1v) is 20.6. The summed E-state index contributed by atoms with van der Waals surface area (Å²) in [6.45, 7) is 10.3. The number of primary amides is 1. The molecule has 3 aliphatic rings. The zero-order valence-corrected chi connectivity index (χ0v) is 34.2. The van der Waals surface area contributed by atoms with Crippen LogP contribution in [0.25, 0.3) is 21.9 Å². The Hall–Kier alpha value is -5.81. The normalized spacial score (nSPS) is 18.2. The standard InChI is InChI=1S/C41H49ClN12O5/c1-24(2)54-38-26(19-33(40(54)58)59-17-10-34(43)55)18-27(21-44-38)46-37-31(42)22-45-41(48-37)53-11-8-25(9-12-53)23-51-13-15-52(16-14-51)28-4-5-29-32(20-28)50(3)49-36(29)30-6-7-35(56)47-39(30)57/h4-5,18-22,24-25,30H,6-17,23H2,1-3H3,(H2,43,55)(H,45,46,48)(H,47,56,57). The lowest BCUT2D eigenvalue weighted by Crippen LogP contribution is -2.49. The maximum Gasteiger partial charge on any atom is 0.294 e. The van der Waals surface area contributed by atoms with Gasteiger partial charge in [0.2, 0.25) is 23.7 Å². The fourth-order valence-electron chi connectivity index (χ4n) is 8.40. The number of aryl methyl sites for hydroxylation is 1. The topological polar surface area (TPSA) is 199 Å². The van der Waals surface area contributed by atoms with Gasteiger partial charge in [-0.15, -0.1) is 0 Å². The molecular formula is C41H49ClN12O5. The van der Waals surface area contributed by atoms with E-state index in [0.29, 0.717) is 52.3 Å². The van der Waals surface area contributed by atoms with Gasteiger partial charge in [0.1, 0.15) is 10.7 Å². The predicted molar refractivity (Wildman–Crippen MR) is 225 cm³/mol. The highest BCUT2D eigenvalue weighted by molar-refractivity contribution is 6.33. The number of anilines is 4. The molecule has 1 unspecified atom stereocenters. The lowest BCUT2D eigenvalue weighted by Gasteiger charge is -2.39. The second-order valence-electron chi connectivity index (χ2n) is 15.9. The van der Waals surface area contributed by atoms with Crippen LogP contribution in [0.15, 0.2) is 47.5 Å². The summed E-state index contributed by atoms with van der Waals surface area (Å²) in [7, 11) is 1.90. The summed E-state index contributed by atoms with van der Waals surface area (Å²) in [6, 6.07) is 9.64. The molecule has 5 aromatic rings. The number of ether oxygens (including phenoxy) is 1. The monoisotopic (exact) mass is 824 g/mol. The summed E-state index contributed by atoms with van der Waals surface area (Å²) in [6.07, 6.45) is 6.09. The highest BCUT2D eigenvalue weighted by Gasteiger charge is 2.32. The third-order valence-corrected chi connectivity index (χ3v) is 11.8. The molecule has 310 valence electrons. The Balaban J connectivity index is 0.860. The Morgan fingerprint density at radius 2 is 1.78 bits per heavy atom. The number of piperazine rings is 1. The molecule has 59 heavy (non-hydrogen) atoms. The van der Waals surface area contributed by atoms with Crippen LogP contribution >= 0.6 is 11.6 Å². The molecule has 0 bridgehead atoms. The number of carbonyl (C=O) groups is 3. The van der Waals surface area contributed by atoms with Crippen molar-refractivity contribution in [1.82, 2.24) is 39.5 Å². The Bertz CT molecular complexity index is 2470. The van der Waals surface area contributed by atoms with Gasteiger partial charge in [0.05, 0.1) is 48.2 Å². The number of fused-ring (bicyclic) bond motifs is 2. The van der Waals surface area contributed by atoms with Crippen molar-refractivity contribution in [1.29, 1.82) is 0 Å². The molecule has 1 aromatic carbocycles. The molecular weight excluding hydrogens is 776 g/mol. The minimum Gasteiger partial charge on any atom is -0.487 e. The van der Waals surface area contributed by atoms with Crippen molar-refractivity contribution in [2.75, 3.05) is 67.5 Å². The van der Waals surface area contributed by atoms with Crippen LogP contribution in [0, 0.1) is 5.92 Å². The summed E-state index contributed by atoms with van der Waals surface area (Å²) >= 11 is 6.59. The number of amides is 3. The average molecular weight is 825 g/mol. The number of pyridine rings is 2. The maximum absolute atomic E-state index is 13.2. The number of piperidine rings is 2. The molecule has 18 heteroatoms. The number of nitrogens with one attached hydrogen (secondary N) is 2. The molecule has 0 saturated carbocycles. The molecule has 3 amide bonds. The third kappa shape index (κ3) is 8.52. The van der Waals surface area contributed by atoms with Crippen LogP contribution in [0.2, 0.25) is 5.02 Å². The van der Waals surface area contributed by atoms with Crippen LogP contribution in [-0.2, 0) is 21.4 Å². The molecule has 3 aliphatic heterocycles. The van der Waals surface area contributed by atoms with E-state index in [1.807, 2.05) is 31.6 Å². The molecule has 4 aromatic heterocycles. The number of hydrogen-bond acceptors (Lipinski definition) is 13. The highest BCUT2D eigenvalue weighted by atomic mass is 35.5. The zero-order valence-electron chi connectivity index (χ0n) is 33.5. The Labute approximate surface area is 345 Å². The summed E-state index contributed by atoms with van der Waals surface area (Å²) in [4.78, 5) is 69.9. The molecule has 7 heterocycles. The third-order valence-electron chi connectivity index (χ3n) is 11.5. The molecule has 3 fully saturated rings. The quantitative estimate of drug-likeness (QED) is 0.154. The summed E-state index contributed by atoms with van der Waals surface area (Å²) in [5.41, 5.74) is 8.91. The average Bonchev–Trinajstić information content (AvgIpc) is 3.54. The first kappa shape index (κ1) is 40.0. The predicted octanol–water partition coefficient (Wildman–Crippen LogP) is 3.86. The second-order valence-corrected chi connectivity index (χ2v) is 16.3. The van der Waals surface area contributed by atoms with Gasteiger partial charge in [-0.05, 0) is 69.4 Å². The van der Waals surface area contributed by atoms with Gasteiger partial charge >= 0.3 is 0 Å². The zero-order chi connectivity index (χ0) is 41.4. The van der Waals surface area contributed by atoms with Crippen molar-refractivity contribution in [3.8, 4) is 5.75 Å². The van der Waals surface area contributed by atoms with Crippen molar-refractivity contribution in [3.05, 3.63) is 63.8 Å². The van der Waals surface area contributed by atoms with Gasteiger partial charge in [-0.25, -0.2) is 9.97 Å². The molecule has 1 atom stereocenters. The first-order chi connectivity index (χ1) is 28.4. The number of benzene rings is 1. The SMILES string of the molecule is CC(C)n1c(=O)c(OCCC(N)=O)cc2cc(Nc3nc(N4CCC(CN5CCN(c6ccc7c(C8CCC(=O)NC8=O)nn(C)c7c6)CC5)CC4)ncc3Cl)cnc21. The summed E-state index contributed by atoms with van der Waals surface area (Å²) < 4.78 is 9.06. The molecule has 17 nitrogen and oxygen atoms in total. The Morgan fingerprint density at radius 1 is 1.00 bits per heavy atom. The van der Waals surface area contributed by atoms with Crippen molar-refractivity contribution in [2.45, 2.75) is 57.9 Å². The Kier molecular flexibility index (Phi) is 11.4. The molecule has 8 rings (SSSR count). The number of hydrogen-bond donors (Lipinski definition) is 3. The summed E-state index contributed by atoms with van der Waals surface area (Å²) in [5, 5.41) is 12.4. The molecule has 3 saturated heterocycles. The van der Waals surface area contributed by atoms with Crippen molar-refractivity contribution in [2.24, 2.45) is 18.7 Å². The van der Waals surface area contributed by atoms with Gasteiger partial charge in [-0.2, -0.15) is 10.1 Å². The van der Waals surface area contributed by atoms with Crippen LogP contribution in [-0.4, -0.2) is 104 Å². The number of rotatable bonds is 12. The van der Waals surface area contributed by atoms with Gasteiger partial charge in [-0.3, -0.25) is 38.6 Å². The smallest absolute Gasteiger partial charge is 0.294 e. The van der Waals surface area contributed by atoms with Crippen LogP contribution in [0.5, 0.6) is 5.75 Å². The molecule has 0 radical (unpaired) electrons. The van der Waals surface area contributed by atoms with E-state index in [2.05, 4.69) is 53.5 Å². The van der Waals surface area contributed by atoms with E-state index in [-0.39, 0.29) is 42.2 Å². The fraction of sp³-hybridized carbons (Fsp3) is 0.463. The first-order valence-electron chi connectivity index (χ1n) is 20.2. The fourth-order valence-corrected chi connectivity index (χ4v) is 8.54. The van der Waals surface area contributed by atoms with E-state index in [1.54, 1.807) is 23.0 Å². The van der Waals surface area contributed by atoms with Crippen molar-refractivity contribution >= 4 is 74.4 Å². The van der Waals surface area contributed by atoms with Crippen LogP contribution in [0.1, 0.15) is 63.6 Å². The molecule has 0 spiro atoms. The van der Waals surface area contributed by atoms with Gasteiger partial charge in [0.15, 0.2) is 11.6 Å². The number of imide groups is 1. The largest absolute Gasteiger partial charge is 0.487 e. The number of halogens is 1. The number of carbonyl (C=O) groups excluding carboxylic acids is 3. The van der Waals surface area contributed by atoms with E-state index in [4.69, 9.17) is 32.2 Å². The minimum atomic E-state index is -0.511. The lowest BCUT2D eigenvalue weighted by atomic mass is 9.93. The van der Waals surface area contributed by atoms with E-state index >= 15 is 0 Å². The summed E-state index contributed by atoms with van der Waals surface area (Å²) in [5.74, 6) is 0.309. The van der Waals surface area contributed by atoms with E-state index < -0.39 is 11.8 Å². The van der Waals surface area contributed by atoms with E-state index in [1.165, 1.54) is 0 Å². The molecule has 4 N–H and O–H groups in total. The second kappa shape index (κ2) is 16.8. The maximum atomic E-state index is 13.2. The highest BCUT2D eigenvalue weighted by Crippen LogP contribution is 2.33. The van der Waals surface area contributed by atoms with Crippen molar-refractivity contribution < 1.29 is 19.1 Å². The van der Waals surface area contributed by atoms with E-state index in [9.17, 15) is 19.2 Å². The van der Waals surface area contributed by atoms with Gasteiger partial charge in [0.25, 0.3) is 5.56 Å². The van der Waals surface area contributed by atoms with Gasteiger partial charge in [0, 0.05) is 81.8 Å². The van der Waals surface area contributed by atoms with E-state index in [0.717, 1.165) is 80.9 Å². The van der Waals surface area contributed by atoms with Crippen LogP contribution in [0.3, 0.4) is 0 Å². The van der Waals surface area contributed by atoms with Crippen LogP contribution in [0.4, 0.5) is 23.1 Å². The van der Waals surface area contributed by atoms with Gasteiger partial charge < -0.3 is 25.6 Å². The minimum absolute atomic E-state index is 0.00197. The van der Waals surface area contributed by atoms with Crippen LogP contribution < -0.4 is 36.5 Å².